The van der Waals surface area contributed by atoms with Gasteiger partial charge in [0.25, 0.3) is 0 Å². The Hall–Kier alpha value is -4.05. The van der Waals surface area contributed by atoms with E-state index in [9.17, 15) is 9.90 Å². The predicted molar refractivity (Wildman–Crippen MR) is 161 cm³/mol. The first-order valence-corrected chi connectivity index (χ1v) is 13.5. The van der Waals surface area contributed by atoms with Gasteiger partial charge >= 0.3 is 5.97 Å². The highest BCUT2D eigenvalue weighted by molar-refractivity contribution is 6.32. The summed E-state index contributed by atoms with van der Waals surface area (Å²) in [7, 11) is 1.61. The van der Waals surface area contributed by atoms with Crippen LogP contribution in [0.15, 0.2) is 66.9 Å². The highest BCUT2D eigenvalue weighted by Gasteiger charge is 2.19. The maximum atomic E-state index is 12.2. The minimum Gasteiger partial charge on any atom is -0.497 e. The molecular formula is C32H30Cl2N2O4. The molecule has 8 heteroatoms. The fraction of sp³-hybridized carbons (Fsp3) is 0.219. The number of aromatic nitrogens is 1. The zero-order chi connectivity index (χ0) is 28.8. The average Bonchev–Trinajstić information content (AvgIpc) is 3.37. The number of aromatic carboxylic acids is 1. The van der Waals surface area contributed by atoms with Crippen molar-refractivity contribution in [2.24, 2.45) is 0 Å². The van der Waals surface area contributed by atoms with Crippen molar-refractivity contribution in [2.45, 2.75) is 33.4 Å². The maximum absolute atomic E-state index is 12.2. The van der Waals surface area contributed by atoms with Gasteiger partial charge in [-0.25, -0.2) is 4.79 Å². The summed E-state index contributed by atoms with van der Waals surface area (Å²) in [6, 6.07) is 18.6. The molecule has 206 valence electrons. The molecule has 0 spiro atoms. The number of nitrogens with zero attached hydrogens (tertiary/aromatic N) is 2. The number of ether oxygens (including phenoxy) is 2. The number of carbonyl (C=O) groups is 1. The predicted octanol–water partition coefficient (Wildman–Crippen LogP) is 7.91. The Kier molecular flexibility index (Phi) is 9.31. The van der Waals surface area contributed by atoms with Gasteiger partial charge in [0.2, 0.25) is 0 Å². The van der Waals surface area contributed by atoms with Crippen LogP contribution in [0.2, 0.25) is 10.0 Å². The van der Waals surface area contributed by atoms with Crippen LogP contribution in [-0.4, -0.2) is 29.4 Å². The molecule has 1 heterocycles. The van der Waals surface area contributed by atoms with Crippen molar-refractivity contribution in [1.29, 1.82) is 0 Å². The number of rotatable bonds is 11. The second-order valence-corrected chi connectivity index (χ2v) is 10.2. The van der Waals surface area contributed by atoms with E-state index in [2.05, 4.69) is 5.92 Å². The van der Waals surface area contributed by atoms with Gasteiger partial charge in [0.05, 0.1) is 24.4 Å². The SMILES string of the molecule is C#Cc1ccc(CN(c2cccc(OC)c2)c2cc(C(=O)O)n(CCCOc3cc(C)c(Cl)c(C)c3)c2)cc1Cl. The normalized spacial score (nSPS) is 10.7. The summed E-state index contributed by atoms with van der Waals surface area (Å²) in [5.74, 6) is 2.99. The Labute approximate surface area is 244 Å². The molecule has 0 saturated carbocycles. The van der Waals surface area contributed by atoms with E-state index in [0.717, 1.165) is 33.1 Å². The van der Waals surface area contributed by atoms with Gasteiger partial charge in [0, 0.05) is 41.6 Å². The highest BCUT2D eigenvalue weighted by Crippen LogP contribution is 2.33. The summed E-state index contributed by atoms with van der Waals surface area (Å²) in [6.45, 7) is 5.19. The first-order valence-electron chi connectivity index (χ1n) is 12.7. The van der Waals surface area contributed by atoms with E-state index in [0.29, 0.717) is 48.1 Å². The van der Waals surface area contributed by atoms with E-state index in [1.165, 1.54) is 0 Å². The Balaban J connectivity index is 1.59. The molecule has 0 aliphatic carbocycles. The third-order valence-electron chi connectivity index (χ3n) is 6.53. The minimum atomic E-state index is -1.01. The van der Waals surface area contributed by atoms with E-state index in [1.54, 1.807) is 23.8 Å². The molecule has 0 radical (unpaired) electrons. The molecule has 40 heavy (non-hydrogen) atoms. The van der Waals surface area contributed by atoms with Gasteiger partial charge in [-0.15, -0.1) is 6.42 Å². The highest BCUT2D eigenvalue weighted by atomic mass is 35.5. The summed E-state index contributed by atoms with van der Waals surface area (Å²) in [5.41, 5.74) is 5.17. The lowest BCUT2D eigenvalue weighted by molar-refractivity contribution is 0.0684. The van der Waals surface area contributed by atoms with Crippen molar-refractivity contribution in [2.75, 3.05) is 18.6 Å². The van der Waals surface area contributed by atoms with Gasteiger partial charge in [0.1, 0.15) is 17.2 Å². The van der Waals surface area contributed by atoms with Crippen molar-refractivity contribution in [3.63, 3.8) is 0 Å². The second kappa shape index (κ2) is 12.9. The number of methoxy groups -OCH3 is 1. The number of anilines is 2. The largest absolute Gasteiger partial charge is 0.497 e. The molecule has 1 aromatic heterocycles. The summed E-state index contributed by atoms with van der Waals surface area (Å²) in [4.78, 5) is 14.2. The molecule has 0 bridgehead atoms. The van der Waals surface area contributed by atoms with Gasteiger partial charge in [-0.3, -0.25) is 0 Å². The summed E-state index contributed by atoms with van der Waals surface area (Å²) >= 11 is 12.6. The van der Waals surface area contributed by atoms with Gasteiger partial charge in [-0.05, 0) is 79.4 Å². The fourth-order valence-electron chi connectivity index (χ4n) is 4.49. The molecule has 1 N–H and O–H groups in total. The summed E-state index contributed by atoms with van der Waals surface area (Å²) in [6.07, 6.45) is 7.99. The van der Waals surface area contributed by atoms with Crippen molar-refractivity contribution in [3.05, 3.63) is 105 Å². The molecule has 3 aromatic carbocycles. The lowest BCUT2D eigenvalue weighted by Gasteiger charge is -2.24. The fourth-order valence-corrected chi connectivity index (χ4v) is 4.85. The standard InChI is InChI=1S/C32H30Cl2N2O4/c1-5-24-11-10-23(16-29(24)33)19-36(25-8-6-9-27(17-25)39-4)26-18-30(32(37)38)35(20-26)12-7-13-40-28-14-21(2)31(34)22(3)15-28/h1,6,8-11,14-18,20H,7,12-13,19H2,2-4H3,(H,37,38). The molecule has 0 fully saturated rings. The topological polar surface area (TPSA) is 63.9 Å². The summed E-state index contributed by atoms with van der Waals surface area (Å²) in [5, 5.41) is 11.2. The third kappa shape index (κ3) is 6.74. The molecule has 6 nitrogen and oxygen atoms in total. The van der Waals surface area contributed by atoms with Crippen molar-refractivity contribution in [3.8, 4) is 23.8 Å². The van der Waals surface area contributed by atoms with Crippen LogP contribution in [0.5, 0.6) is 11.5 Å². The molecule has 0 unspecified atom stereocenters. The smallest absolute Gasteiger partial charge is 0.352 e. The van der Waals surface area contributed by atoms with Crippen LogP contribution in [0.3, 0.4) is 0 Å². The Morgan fingerprint density at radius 1 is 1.02 bits per heavy atom. The Morgan fingerprint density at radius 3 is 2.42 bits per heavy atom. The second-order valence-electron chi connectivity index (χ2n) is 9.40. The van der Waals surface area contributed by atoms with Crippen LogP contribution in [0, 0.1) is 26.2 Å². The molecule has 0 amide bonds. The molecule has 0 aliphatic heterocycles. The number of hydrogen-bond acceptors (Lipinski definition) is 4. The van der Waals surface area contributed by atoms with Gasteiger partial charge in [0.15, 0.2) is 0 Å². The van der Waals surface area contributed by atoms with E-state index in [1.807, 2.05) is 73.5 Å². The zero-order valence-corrected chi connectivity index (χ0v) is 24.1. The molecule has 4 rings (SSSR count). The molecule has 0 atom stereocenters. The van der Waals surface area contributed by atoms with Gasteiger partial charge in [-0.2, -0.15) is 0 Å². The average molecular weight is 578 g/mol. The molecule has 4 aromatic rings. The first kappa shape index (κ1) is 28.9. The van der Waals surface area contributed by atoms with Crippen LogP contribution < -0.4 is 14.4 Å². The molecular weight excluding hydrogens is 547 g/mol. The minimum absolute atomic E-state index is 0.182. The Morgan fingerprint density at radius 2 is 1.77 bits per heavy atom. The number of benzene rings is 3. The van der Waals surface area contributed by atoms with Crippen LogP contribution in [0.4, 0.5) is 11.4 Å². The third-order valence-corrected chi connectivity index (χ3v) is 7.44. The monoisotopic (exact) mass is 576 g/mol. The van der Waals surface area contributed by atoms with E-state index in [-0.39, 0.29) is 5.69 Å². The van der Waals surface area contributed by atoms with Crippen LogP contribution in [0.25, 0.3) is 0 Å². The summed E-state index contributed by atoms with van der Waals surface area (Å²) < 4.78 is 13.1. The van der Waals surface area contributed by atoms with Gasteiger partial charge in [-0.1, -0.05) is 41.3 Å². The quantitative estimate of drug-likeness (QED) is 0.145. The van der Waals surface area contributed by atoms with E-state index in [4.69, 9.17) is 39.1 Å². The van der Waals surface area contributed by atoms with Crippen molar-refractivity contribution >= 4 is 40.5 Å². The number of hydrogen-bond donors (Lipinski definition) is 1. The van der Waals surface area contributed by atoms with Crippen LogP contribution in [-0.2, 0) is 13.1 Å². The lowest BCUT2D eigenvalue weighted by atomic mass is 10.1. The number of carboxylic acid groups (broad SMARTS) is 1. The van der Waals surface area contributed by atoms with Crippen molar-refractivity contribution < 1.29 is 19.4 Å². The van der Waals surface area contributed by atoms with Gasteiger partial charge < -0.3 is 24.0 Å². The zero-order valence-electron chi connectivity index (χ0n) is 22.6. The first-order chi connectivity index (χ1) is 19.2. The number of carboxylic acids is 1. The lowest BCUT2D eigenvalue weighted by Crippen LogP contribution is -2.16. The Bertz CT molecular complexity index is 1550. The van der Waals surface area contributed by atoms with Crippen LogP contribution >= 0.6 is 23.2 Å². The number of terminal acetylenes is 1. The molecule has 0 saturated heterocycles. The van der Waals surface area contributed by atoms with E-state index >= 15 is 0 Å². The number of halogens is 2. The number of aryl methyl sites for hydroxylation is 3. The maximum Gasteiger partial charge on any atom is 0.352 e. The van der Waals surface area contributed by atoms with Crippen LogP contribution in [0.1, 0.15) is 39.2 Å². The van der Waals surface area contributed by atoms with E-state index < -0.39 is 5.97 Å². The van der Waals surface area contributed by atoms with Crippen molar-refractivity contribution in [1.82, 2.24) is 4.57 Å². The molecule has 0 aliphatic rings.